The Bertz CT molecular complexity index is 994. The molecule has 34 heavy (non-hydrogen) atoms. The largest absolute Gasteiger partial charge is 0.480 e. The van der Waals surface area contributed by atoms with Crippen molar-refractivity contribution in [2.75, 3.05) is 20.3 Å². The molecule has 3 N–H and O–H groups in total. The van der Waals surface area contributed by atoms with Crippen LogP contribution in [-0.4, -0.2) is 55.0 Å². The molecule has 0 saturated heterocycles. The molecular weight excluding hydrogens is 436 g/mol. The topological polar surface area (TPSA) is 114 Å². The van der Waals surface area contributed by atoms with Gasteiger partial charge in [-0.2, -0.15) is 0 Å². The van der Waals surface area contributed by atoms with Crippen LogP contribution in [0.3, 0.4) is 0 Å². The van der Waals surface area contributed by atoms with Crippen molar-refractivity contribution >= 4 is 18.0 Å². The molecule has 2 aromatic rings. The van der Waals surface area contributed by atoms with E-state index in [0.717, 1.165) is 22.3 Å². The van der Waals surface area contributed by atoms with Gasteiger partial charge in [0.15, 0.2) is 0 Å². The van der Waals surface area contributed by atoms with Crippen LogP contribution in [0.15, 0.2) is 48.5 Å². The van der Waals surface area contributed by atoms with Gasteiger partial charge < -0.3 is 25.2 Å². The number of hydrogen-bond donors (Lipinski definition) is 3. The molecule has 1 aliphatic rings. The number of methoxy groups -OCH3 is 1. The number of carboxylic acid groups (broad SMARTS) is 1. The highest BCUT2D eigenvalue weighted by atomic mass is 16.5. The average Bonchev–Trinajstić information content (AvgIpc) is 3.15. The van der Waals surface area contributed by atoms with Crippen molar-refractivity contribution in [3.05, 3.63) is 59.7 Å². The van der Waals surface area contributed by atoms with Crippen LogP contribution in [0.4, 0.5) is 4.79 Å². The Hall–Kier alpha value is -3.39. The summed E-state index contributed by atoms with van der Waals surface area (Å²) in [5.74, 6) is -1.81. The summed E-state index contributed by atoms with van der Waals surface area (Å²) in [6, 6.07) is 15.1. The van der Waals surface area contributed by atoms with Crippen LogP contribution in [-0.2, 0) is 19.1 Å². The van der Waals surface area contributed by atoms with Gasteiger partial charge in [0.1, 0.15) is 18.2 Å². The summed E-state index contributed by atoms with van der Waals surface area (Å²) in [5, 5.41) is 14.6. The van der Waals surface area contributed by atoms with Gasteiger partial charge in [-0.15, -0.1) is 0 Å². The van der Waals surface area contributed by atoms with Crippen molar-refractivity contribution in [2.24, 2.45) is 0 Å². The number of ether oxygens (including phenoxy) is 2. The third-order valence-corrected chi connectivity index (χ3v) is 6.37. The minimum absolute atomic E-state index is 0.102. The van der Waals surface area contributed by atoms with Crippen molar-refractivity contribution in [1.29, 1.82) is 0 Å². The zero-order chi connectivity index (χ0) is 24.7. The monoisotopic (exact) mass is 468 g/mol. The molecule has 2 aromatic carbocycles. The van der Waals surface area contributed by atoms with E-state index in [9.17, 15) is 19.5 Å². The highest BCUT2D eigenvalue weighted by Gasteiger charge is 2.36. The molecule has 0 aliphatic heterocycles. The van der Waals surface area contributed by atoms with Gasteiger partial charge in [-0.05, 0) is 48.4 Å². The number of benzene rings is 2. The molecule has 0 bridgehead atoms. The SMILES string of the molecule is CCC(C)(NC(=O)C(CCCOC)NC(=O)OCC1c2ccccc2-c2ccccc21)C(=O)O. The van der Waals surface area contributed by atoms with Gasteiger partial charge in [0.05, 0.1) is 0 Å². The molecule has 0 heterocycles. The second-order valence-corrected chi connectivity index (χ2v) is 8.64. The number of carbonyl (C=O) groups is 3. The first-order valence-electron chi connectivity index (χ1n) is 11.5. The third kappa shape index (κ3) is 5.56. The molecule has 0 spiro atoms. The molecule has 0 fully saturated rings. The van der Waals surface area contributed by atoms with Crippen molar-refractivity contribution in [1.82, 2.24) is 10.6 Å². The van der Waals surface area contributed by atoms with Crippen LogP contribution in [0.25, 0.3) is 11.1 Å². The Morgan fingerprint density at radius 2 is 1.65 bits per heavy atom. The molecule has 2 amide bonds. The summed E-state index contributed by atoms with van der Waals surface area (Å²) in [6.07, 6.45) is 0.259. The summed E-state index contributed by atoms with van der Waals surface area (Å²) in [5.41, 5.74) is 2.99. The van der Waals surface area contributed by atoms with Crippen molar-refractivity contribution in [2.45, 2.75) is 50.6 Å². The van der Waals surface area contributed by atoms with E-state index < -0.39 is 29.6 Å². The fourth-order valence-electron chi connectivity index (χ4n) is 4.14. The molecule has 0 saturated carbocycles. The zero-order valence-corrected chi connectivity index (χ0v) is 19.8. The number of amides is 2. The number of hydrogen-bond acceptors (Lipinski definition) is 5. The molecule has 182 valence electrons. The predicted octanol–water partition coefficient (Wildman–Crippen LogP) is 3.69. The van der Waals surface area contributed by atoms with E-state index in [-0.39, 0.29) is 25.4 Å². The number of carbonyl (C=O) groups excluding carboxylic acids is 2. The second kappa shape index (κ2) is 11.2. The van der Waals surface area contributed by atoms with Crippen LogP contribution in [0.1, 0.15) is 50.2 Å². The van der Waals surface area contributed by atoms with Gasteiger partial charge in [-0.25, -0.2) is 9.59 Å². The summed E-state index contributed by atoms with van der Waals surface area (Å²) < 4.78 is 10.6. The Balaban J connectivity index is 1.68. The number of fused-ring (bicyclic) bond motifs is 3. The van der Waals surface area contributed by atoms with Gasteiger partial charge in [-0.3, -0.25) is 4.79 Å². The van der Waals surface area contributed by atoms with E-state index in [4.69, 9.17) is 9.47 Å². The number of aliphatic carboxylic acids is 1. The van der Waals surface area contributed by atoms with Crippen molar-refractivity contribution in [3.63, 3.8) is 0 Å². The maximum Gasteiger partial charge on any atom is 0.407 e. The van der Waals surface area contributed by atoms with E-state index in [1.54, 1.807) is 14.0 Å². The maximum atomic E-state index is 12.9. The summed E-state index contributed by atoms with van der Waals surface area (Å²) in [4.78, 5) is 37.1. The van der Waals surface area contributed by atoms with Gasteiger partial charge in [0, 0.05) is 19.6 Å². The molecule has 2 unspecified atom stereocenters. The lowest BCUT2D eigenvalue weighted by molar-refractivity contribution is -0.147. The fraction of sp³-hybridized carbons (Fsp3) is 0.423. The highest BCUT2D eigenvalue weighted by Crippen LogP contribution is 2.44. The number of nitrogens with one attached hydrogen (secondary N) is 2. The minimum Gasteiger partial charge on any atom is -0.480 e. The second-order valence-electron chi connectivity index (χ2n) is 8.64. The number of rotatable bonds is 11. The Morgan fingerprint density at radius 1 is 1.06 bits per heavy atom. The third-order valence-electron chi connectivity index (χ3n) is 6.37. The fourth-order valence-corrected chi connectivity index (χ4v) is 4.14. The van der Waals surface area contributed by atoms with E-state index >= 15 is 0 Å². The van der Waals surface area contributed by atoms with Gasteiger partial charge in [0.25, 0.3) is 0 Å². The lowest BCUT2D eigenvalue weighted by atomic mass is 9.98. The molecule has 1 aliphatic carbocycles. The van der Waals surface area contributed by atoms with Gasteiger partial charge >= 0.3 is 12.1 Å². The smallest absolute Gasteiger partial charge is 0.407 e. The van der Waals surface area contributed by atoms with Crippen molar-refractivity contribution in [3.8, 4) is 11.1 Å². The lowest BCUT2D eigenvalue weighted by Gasteiger charge is -2.28. The van der Waals surface area contributed by atoms with E-state index in [1.807, 2.05) is 36.4 Å². The van der Waals surface area contributed by atoms with Crippen LogP contribution in [0.5, 0.6) is 0 Å². The maximum absolute atomic E-state index is 12.9. The van der Waals surface area contributed by atoms with Gasteiger partial charge in [0.2, 0.25) is 5.91 Å². The Kier molecular flexibility index (Phi) is 8.28. The summed E-state index contributed by atoms with van der Waals surface area (Å²) >= 11 is 0. The quantitative estimate of drug-likeness (QED) is 0.434. The zero-order valence-electron chi connectivity index (χ0n) is 19.8. The van der Waals surface area contributed by atoms with Crippen LogP contribution >= 0.6 is 0 Å². The minimum atomic E-state index is -1.43. The predicted molar refractivity (Wildman–Crippen MR) is 128 cm³/mol. The van der Waals surface area contributed by atoms with E-state index in [0.29, 0.717) is 13.0 Å². The molecule has 3 rings (SSSR count). The number of alkyl carbamates (subject to hydrolysis) is 1. The lowest BCUT2D eigenvalue weighted by Crippen LogP contribution is -2.57. The molecular formula is C26H32N2O6. The highest BCUT2D eigenvalue weighted by molar-refractivity contribution is 5.91. The Morgan fingerprint density at radius 3 is 2.18 bits per heavy atom. The molecule has 0 radical (unpaired) electrons. The van der Waals surface area contributed by atoms with E-state index in [1.165, 1.54) is 6.92 Å². The first-order valence-corrected chi connectivity index (χ1v) is 11.5. The summed E-state index contributed by atoms with van der Waals surface area (Å²) in [6.45, 7) is 3.63. The average molecular weight is 469 g/mol. The van der Waals surface area contributed by atoms with Gasteiger partial charge in [-0.1, -0.05) is 55.5 Å². The van der Waals surface area contributed by atoms with Crippen LogP contribution in [0, 0.1) is 0 Å². The Labute approximate surface area is 199 Å². The first kappa shape index (κ1) is 25.2. The first-order chi connectivity index (χ1) is 16.3. The number of carboxylic acids is 1. The molecule has 8 nitrogen and oxygen atoms in total. The molecule has 0 aromatic heterocycles. The summed E-state index contributed by atoms with van der Waals surface area (Å²) in [7, 11) is 1.55. The van der Waals surface area contributed by atoms with E-state index in [2.05, 4.69) is 22.8 Å². The molecule has 8 heteroatoms. The standard InChI is InChI=1S/C26H32N2O6/c1-4-26(2,24(30)31)28-23(29)22(14-9-15-33-3)27-25(32)34-16-21-19-12-7-5-10-17(19)18-11-6-8-13-20(18)21/h5-8,10-13,21-22H,4,9,14-16H2,1-3H3,(H,27,32)(H,28,29)(H,30,31). The normalized spacial score (nSPS) is 14.9. The van der Waals surface area contributed by atoms with Crippen molar-refractivity contribution < 1.29 is 29.0 Å². The van der Waals surface area contributed by atoms with Crippen LogP contribution in [0.2, 0.25) is 0 Å². The van der Waals surface area contributed by atoms with Crippen LogP contribution < -0.4 is 10.6 Å². The molecule has 2 atom stereocenters.